The average Bonchev–Trinajstić information content (AvgIpc) is 2.84. The van der Waals surface area contributed by atoms with Crippen molar-refractivity contribution in [3.05, 3.63) is 24.3 Å². The van der Waals surface area contributed by atoms with Gasteiger partial charge in [0, 0.05) is 12.2 Å². The van der Waals surface area contributed by atoms with E-state index >= 15 is 0 Å². The fourth-order valence-corrected chi connectivity index (χ4v) is 4.77. The Hall–Kier alpha value is -0.680. The SMILES string of the molecule is O[C@@]12N3[C@@]14[O+]1[C@@]5(C=CC=C[C@]315)[C@]24O. The topological polar surface area (TPSA) is 46.2 Å². The highest BCUT2D eigenvalue weighted by molar-refractivity contribution is 5.86. The van der Waals surface area contributed by atoms with Crippen LogP contribution in [0.3, 0.4) is 0 Å². The Morgan fingerprint density at radius 1 is 1.15 bits per heavy atom. The van der Waals surface area contributed by atoms with Gasteiger partial charge in [-0.1, -0.05) is 17.1 Å². The Kier molecular flexibility index (Phi) is 0.316. The van der Waals surface area contributed by atoms with Crippen LogP contribution in [-0.2, 0) is 4.37 Å². The molecule has 0 bridgehead atoms. The third-order valence-electron chi connectivity index (χ3n) is 5.05. The van der Waals surface area contributed by atoms with Gasteiger partial charge >= 0.3 is 22.7 Å². The van der Waals surface area contributed by atoms with Gasteiger partial charge in [-0.25, -0.2) is 0 Å². The van der Waals surface area contributed by atoms with Gasteiger partial charge in [0.2, 0.25) is 0 Å². The fraction of sp³-hybridized carbons (Fsp3) is 0.556. The molecule has 1 unspecified atom stereocenters. The van der Waals surface area contributed by atoms with Crippen molar-refractivity contribution in [1.82, 2.24) is 4.90 Å². The third kappa shape index (κ3) is 0.142. The highest BCUT2D eigenvalue weighted by Gasteiger charge is 3.53. The monoisotopic (exact) mass is 176 g/mol. The van der Waals surface area contributed by atoms with E-state index in [1.807, 2.05) is 23.1 Å². The first kappa shape index (κ1) is 5.26. The third-order valence-corrected chi connectivity index (χ3v) is 5.05. The lowest BCUT2D eigenvalue weighted by Crippen LogP contribution is -2.61. The van der Waals surface area contributed by atoms with Gasteiger partial charge in [0.05, 0.1) is 0 Å². The molecule has 4 nitrogen and oxygen atoms in total. The molecule has 6 aliphatic rings. The van der Waals surface area contributed by atoms with Gasteiger partial charge in [-0.3, -0.25) is 0 Å². The summed E-state index contributed by atoms with van der Waals surface area (Å²) in [6.07, 6.45) is 7.98. The maximum absolute atomic E-state index is 10.2. The number of piperidine rings is 1. The van der Waals surface area contributed by atoms with Crippen LogP contribution in [0.4, 0.5) is 0 Å². The minimum absolute atomic E-state index is 0.203. The molecule has 3 spiro atoms. The highest BCUT2D eigenvalue weighted by atomic mass is 17.0. The molecule has 6 rings (SSSR count). The van der Waals surface area contributed by atoms with Crippen molar-refractivity contribution in [2.45, 2.75) is 28.4 Å². The Morgan fingerprint density at radius 3 is 2.62 bits per heavy atom. The molecule has 2 aliphatic carbocycles. The molecule has 0 aromatic heterocycles. The van der Waals surface area contributed by atoms with Gasteiger partial charge in [0.25, 0.3) is 5.72 Å². The Balaban J connectivity index is 1.85. The zero-order valence-electron chi connectivity index (χ0n) is 6.56. The minimum atomic E-state index is -0.927. The lowest BCUT2D eigenvalue weighted by atomic mass is 9.90. The Labute approximate surface area is 73.0 Å². The number of aliphatic hydroxyl groups is 2. The second-order valence-corrected chi connectivity index (χ2v) is 4.82. The highest BCUT2D eigenvalue weighted by Crippen LogP contribution is 3.16. The van der Waals surface area contributed by atoms with Crippen molar-refractivity contribution in [2.24, 2.45) is 0 Å². The number of nitrogens with zero attached hydrogens (tertiary/aromatic N) is 1. The van der Waals surface area contributed by atoms with E-state index in [4.69, 9.17) is 0 Å². The average molecular weight is 176 g/mol. The van der Waals surface area contributed by atoms with E-state index in [2.05, 4.69) is 10.4 Å². The van der Waals surface area contributed by atoms with Gasteiger partial charge in [-0.2, -0.15) is 0 Å². The van der Waals surface area contributed by atoms with Gasteiger partial charge in [0.1, 0.15) is 0 Å². The standard InChI is InChI=1S/C9H6NO3/c11-7-5-3-1-2-4-6(5)10-8(7,12)9(7,10)13(5)6/h1-4,11-12H/q+1/t5-,6+,7+,8-,9+,10?/m1/s1. The lowest BCUT2D eigenvalue weighted by molar-refractivity contribution is -0.353. The smallest absolute Gasteiger partial charge is 0.341 e. The van der Waals surface area contributed by atoms with Crippen molar-refractivity contribution < 1.29 is 14.6 Å². The summed E-state index contributed by atoms with van der Waals surface area (Å²) in [5.74, 6) is 0. The second-order valence-electron chi connectivity index (χ2n) is 4.82. The quantitative estimate of drug-likeness (QED) is 0.352. The van der Waals surface area contributed by atoms with Crippen LogP contribution in [0, 0.1) is 0 Å². The molecular formula is C9H6NO3+. The number of hydrogen-bond donors (Lipinski definition) is 2. The van der Waals surface area contributed by atoms with E-state index < -0.39 is 17.1 Å². The molecule has 64 valence electrons. The molecule has 4 heteroatoms. The number of rotatable bonds is 0. The second kappa shape index (κ2) is 0.780. The predicted molar refractivity (Wildman–Crippen MR) is 39.3 cm³/mol. The van der Waals surface area contributed by atoms with Crippen molar-refractivity contribution in [2.75, 3.05) is 0 Å². The van der Waals surface area contributed by atoms with E-state index in [9.17, 15) is 10.2 Å². The first-order valence-electron chi connectivity index (χ1n) is 4.56. The maximum atomic E-state index is 10.2. The molecule has 4 aliphatic heterocycles. The number of morpholine rings is 1. The van der Waals surface area contributed by atoms with E-state index in [0.717, 1.165) is 0 Å². The van der Waals surface area contributed by atoms with Gasteiger partial charge < -0.3 is 14.6 Å². The summed E-state index contributed by atoms with van der Waals surface area (Å²) in [6.45, 7) is 0. The summed E-state index contributed by atoms with van der Waals surface area (Å²) in [6, 6.07) is 0. The van der Waals surface area contributed by atoms with E-state index in [0.29, 0.717) is 0 Å². The summed E-state index contributed by atoms with van der Waals surface area (Å²) >= 11 is 0. The zero-order chi connectivity index (χ0) is 8.48. The first-order chi connectivity index (χ1) is 6.19. The summed E-state index contributed by atoms with van der Waals surface area (Å²) < 4.78 is 3.08. The summed E-state index contributed by atoms with van der Waals surface area (Å²) in [5.41, 5.74) is -2.75. The molecule has 0 amide bonds. The number of allylic oxidation sites excluding steroid dienone is 2. The summed E-state index contributed by atoms with van der Waals surface area (Å²) in [5, 5.41) is 20.3. The number of fused-ring (bicyclic) bond motifs is 2. The summed E-state index contributed by atoms with van der Waals surface area (Å²) in [7, 11) is 0. The van der Waals surface area contributed by atoms with Crippen molar-refractivity contribution >= 4 is 0 Å². The number of epoxide rings is 1. The summed E-state index contributed by atoms with van der Waals surface area (Å²) in [4.78, 5) is 2.00. The molecule has 5 fully saturated rings. The largest absolute Gasteiger partial charge is 0.369 e. The van der Waals surface area contributed by atoms with E-state index in [-0.39, 0.29) is 11.3 Å². The van der Waals surface area contributed by atoms with Crippen molar-refractivity contribution in [3.63, 3.8) is 0 Å². The molecule has 0 aromatic carbocycles. The van der Waals surface area contributed by atoms with Gasteiger partial charge in [0.15, 0.2) is 0 Å². The minimum Gasteiger partial charge on any atom is -0.369 e. The van der Waals surface area contributed by atoms with E-state index in [1.165, 1.54) is 0 Å². The number of hydrogen-bond acceptors (Lipinski definition) is 3. The van der Waals surface area contributed by atoms with Crippen LogP contribution in [0.5, 0.6) is 0 Å². The van der Waals surface area contributed by atoms with E-state index in [1.54, 1.807) is 0 Å². The van der Waals surface area contributed by atoms with Crippen LogP contribution in [0.1, 0.15) is 0 Å². The van der Waals surface area contributed by atoms with Crippen LogP contribution in [0.15, 0.2) is 24.3 Å². The van der Waals surface area contributed by atoms with Crippen LogP contribution in [0.2, 0.25) is 0 Å². The molecule has 2 N–H and O–H groups in total. The van der Waals surface area contributed by atoms with Crippen LogP contribution < -0.4 is 0 Å². The van der Waals surface area contributed by atoms with Gasteiger partial charge in [-0.05, 0) is 0 Å². The molecule has 0 aromatic rings. The van der Waals surface area contributed by atoms with Crippen LogP contribution in [-0.4, -0.2) is 43.5 Å². The predicted octanol–water partition coefficient (Wildman–Crippen LogP) is -1.41. The molecular weight excluding hydrogens is 170 g/mol. The lowest BCUT2D eigenvalue weighted by Gasteiger charge is -2.34. The normalized spacial score (nSPS) is 91.7. The fourth-order valence-electron chi connectivity index (χ4n) is 4.77. The van der Waals surface area contributed by atoms with Crippen molar-refractivity contribution in [1.29, 1.82) is 0 Å². The molecule has 0 radical (unpaired) electrons. The molecule has 4 heterocycles. The Bertz CT molecular complexity index is 503. The van der Waals surface area contributed by atoms with Crippen molar-refractivity contribution in [3.8, 4) is 0 Å². The Morgan fingerprint density at radius 2 is 1.92 bits per heavy atom. The first-order valence-corrected chi connectivity index (χ1v) is 4.56. The molecule has 4 saturated heterocycles. The maximum Gasteiger partial charge on any atom is 0.341 e. The van der Waals surface area contributed by atoms with Gasteiger partial charge in [-0.15, -0.1) is 0 Å². The zero-order valence-corrected chi connectivity index (χ0v) is 6.56. The van der Waals surface area contributed by atoms with Crippen LogP contribution >= 0.6 is 0 Å². The molecule has 1 saturated carbocycles. The molecule has 13 heavy (non-hydrogen) atoms. The molecule has 6 atom stereocenters. The van der Waals surface area contributed by atoms with Crippen LogP contribution in [0.25, 0.3) is 0 Å².